The molecule has 0 saturated heterocycles. The third-order valence-electron chi connectivity index (χ3n) is 1.71. The summed E-state index contributed by atoms with van der Waals surface area (Å²) >= 11 is 0.699. The first kappa shape index (κ1) is 12.1. The van der Waals surface area contributed by atoms with Crippen LogP contribution in [0.15, 0.2) is 12.1 Å². The molecular weight excluding hydrogens is 236 g/mol. The lowest BCUT2D eigenvalue weighted by atomic mass is 10.3. The van der Waals surface area contributed by atoms with Gasteiger partial charge in [0.1, 0.15) is 6.04 Å². The average molecular weight is 244 g/mol. The van der Waals surface area contributed by atoms with E-state index in [2.05, 4.69) is 5.32 Å². The van der Waals surface area contributed by atoms with Gasteiger partial charge in [-0.2, -0.15) is 0 Å². The zero-order valence-electron chi connectivity index (χ0n) is 8.17. The van der Waals surface area contributed by atoms with E-state index in [4.69, 9.17) is 5.11 Å². The number of carboxylic acid groups (broad SMARTS) is 1. The number of aliphatic carboxylic acids is 1. The summed E-state index contributed by atoms with van der Waals surface area (Å²) in [6.07, 6.45) is 0. The van der Waals surface area contributed by atoms with Crippen molar-refractivity contribution in [2.45, 2.75) is 13.0 Å². The number of rotatable bonds is 4. The predicted octanol–water partition coefficient (Wildman–Crippen LogP) is 0.859. The maximum atomic E-state index is 11.4. The number of thiophene rings is 1. The van der Waals surface area contributed by atoms with Crippen molar-refractivity contribution in [3.63, 3.8) is 0 Å². The van der Waals surface area contributed by atoms with E-state index in [-0.39, 0.29) is 9.88 Å². The largest absolute Gasteiger partial charge is 0.480 e. The molecular formula is C8H8N2O5S. The number of nitrogens with one attached hydrogen (secondary N) is 1. The van der Waals surface area contributed by atoms with Gasteiger partial charge in [-0.05, 0) is 13.0 Å². The van der Waals surface area contributed by atoms with Crippen LogP contribution in [-0.4, -0.2) is 27.9 Å². The van der Waals surface area contributed by atoms with Crippen molar-refractivity contribution < 1.29 is 19.6 Å². The van der Waals surface area contributed by atoms with Crippen molar-refractivity contribution in [2.24, 2.45) is 0 Å². The number of nitro groups is 1. The van der Waals surface area contributed by atoms with E-state index in [1.54, 1.807) is 0 Å². The fourth-order valence-corrected chi connectivity index (χ4v) is 1.60. The first-order valence-electron chi connectivity index (χ1n) is 4.19. The summed E-state index contributed by atoms with van der Waals surface area (Å²) in [5.74, 6) is -1.80. The Kier molecular flexibility index (Phi) is 3.56. The van der Waals surface area contributed by atoms with E-state index in [0.717, 1.165) is 0 Å². The van der Waals surface area contributed by atoms with Crippen LogP contribution in [0.5, 0.6) is 0 Å². The van der Waals surface area contributed by atoms with Gasteiger partial charge in [0.15, 0.2) is 0 Å². The van der Waals surface area contributed by atoms with Gasteiger partial charge in [0.05, 0.1) is 9.80 Å². The monoisotopic (exact) mass is 244 g/mol. The third-order valence-corrected chi connectivity index (χ3v) is 2.75. The number of carbonyl (C=O) groups is 2. The van der Waals surface area contributed by atoms with Gasteiger partial charge >= 0.3 is 11.0 Å². The highest BCUT2D eigenvalue weighted by Crippen LogP contribution is 2.23. The molecule has 86 valence electrons. The number of amides is 1. The Morgan fingerprint density at radius 3 is 2.62 bits per heavy atom. The summed E-state index contributed by atoms with van der Waals surface area (Å²) in [4.78, 5) is 31.7. The minimum absolute atomic E-state index is 0.111. The molecule has 7 nitrogen and oxygen atoms in total. The summed E-state index contributed by atoms with van der Waals surface area (Å²) in [5, 5.41) is 20.9. The number of carbonyl (C=O) groups excluding carboxylic acids is 1. The summed E-state index contributed by atoms with van der Waals surface area (Å²) in [7, 11) is 0. The van der Waals surface area contributed by atoms with Crippen LogP contribution in [0.1, 0.15) is 16.6 Å². The zero-order chi connectivity index (χ0) is 12.3. The van der Waals surface area contributed by atoms with Gasteiger partial charge in [0.2, 0.25) is 0 Å². The molecule has 16 heavy (non-hydrogen) atoms. The second-order valence-electron chi connectivity index (χ2n) is 2.93. The van der Waals surface area contributed by atoms with Gasteiger partial charge in [-0.15, -0.1) is 0 Å². The van der Waals surface area contributed by atoms with E-state index in [0.29, 0.717) is 11.3 Å². The Morgan fingerprint density at radius 2 is 2.19 bits per heavy atom. The van der Waals surface area contributed by atoms with Crippen molar-refractivity contribution in [3.05, 3.63) is 27.1 Å². The van der Waals surface area contributed by atoms with E-state index in [1.807, 2.05) is 0 Å². The molecule has 0 saturated carbocycles. The molecule has 0 aliphatic heterocycles. The molecule has 0 radical (unpaired) electrons. The molecule has 1 aromatic rings. The van der Waals surface area contributed by atoms with Crippen molar-refractivity contribution in [3.8, 4) is 0 Å². The first-order valence-corrected chi connectivity index (χ1v) is 5.01. The van der Waals surface area contributed by atoms with Gasteiger partial charge in [0.25, 0.3) is 5.91 Å². The lowest BCUT2D eigenvalue weighted by Gasteiger charge is -2.06. The van der Waals surface area contributed by atoms with Gasteiger partial charge in [-0.1, -0.05) is 11.3 Å². The SMILES string of the molecule is C[C@H](NC(=O)c1ccc([N+](=O)[O-])s1)C(=O)O. The predicted molar refractivity (Wildman–Crippen MR) is 55.5 cm³/mol. The van der Waals surface area contributed by atoms with E-state index in [1.165, 1.54) is 19.1 Å². The zero-order valence-corrected chi connectivity index (χ0v) is 8.98. The molecule has 0 aliphatic carbocycles. The minimum Gasteiger partial charge on any atom is -0.480 e. The number of hydrogen-bond acceptors (Lipinski definition) is 5. The fourth-order valence-electron chi connectivity index (χ4n) is 0.877. The standard InChI is InChI=1S/C8H8N2O5S/c1-4(8(12)13)9-7(11)5-2-3-6(16-5)10(14)15/h2-4H,1H3,(H,9,11)(H,12,13)/t4-/m0/s1. The highest BCUT2D eigenvalue weighted by molar-refractivity contribution is 7.17. The fraction of sp³-hybridized carbons (Fsp3) is 0.250. The molecule has 1 rings (SSSR count). The summed E-state index contributed by atoms with van der Waals surface area (Å²) < 4.78 is 0. The highest BCUT2D eigenvalue weighted by Gasteiger charge is 2.19. The molecule has 0 fully saturated rings. The van der Waals surface area contributed by atoms with Crippen LogP contribution >= 0.6 is 11.3 Å². The molecule has 1 heterocycles. The van der Waals surface area contributed by atoms with Gasteiger partial charge in [0, 0.05) is 6.07 Å². The molecule has 1 aromatic heterocycles. The van der Waals surface area contributed by atoms with E-state index < -0.39 is 22.8 Å². The maximum absolute atomic E-state index is 11.4. The molecule has 1 atom stereocenters. The quantitative estimate of drug-likeness (QED) is 0.603. The second-order valence-corrected chi connectivity index (χ2v) is 3.99. The smallest absolute Gasteiger partial charge is 0.325 e. The lowest BCUT2D eigenvalue weighted by Crippen LogP contribution is -2.37. The Morgan fingerprint density at radius 1 is 1.56 bits per heavy atom. The molecule has 0 aromatic carbocycles. The number of carboxylic acids is 1. The molecule has 2 N–H and O–H groups in total. The topological polar surface area (TPSA) is 110 Å². The molecule has 0 unspecified atom stereocenters. The van der Waals surface area contributed by atoms with Crippen molar-refractivity contribution in [1.29, 1.82) is 0 Å². The molecule has 0 aliphatic rings. The Bertz CT molecular complexity index is 441. The minimum atomic E-state index is -1.17. The van der Waals surface area contributed by atoms with Crippen molar-refractivity contribution >= 4 is 28.2 Å². The maximum Gasteiger partial charge on any atom is 0.325 e. The molecule has 0 spiro atoms. The third kappa shape index (κ3) is 2.76. The van der Waals surface area contributed by atoms with Gasteiger partial charge < -0.3 is 10.4 Å². The normalized spacial score (nSPS) is 11.8. The highest BCUT2D eigenvalue weighted by atomic mass is 32.1. The molecule has 0 bridgehead atoms. The average Bonchev–Trinajstić information content (AvgIpc) is 2.65. The molecule has 8 heteroatoms. The van der Waals surface area contributed by atoms with Crippen LogP contribution in [0.25, 0.3) is 0 Å². The summed E-state index contributed by atoms with van der Waals surface area (Å²) in [6.45, 7) is 1.31. The van der Waals surface area contributed by atoms with Crippen LogP contribution in [-0.2, 0) is 4.79 Å². The van der Waals surface area contributed by atoms with E-state index >= 15 is 0 Å². The van der Waals surface area contributed by atoms with Crippen LogP contribution in [0, 0.1) is 10.1 Å². The molecule has 1 amide bonds. The second kappa shape index (κ2) is 4.71. The van der Waals surface area contributed by atoms with Crippen LogP contribution in [0.4, 0.5) is 5.00 Å². The summed E-state index contributed by atoms with van der Waals surface area (Å²) in [5.41, 5.74) is 0. The Balaban J connectivity index is 2.73. The van der Waals surface area contributed by atoms with Gasteiger partial charge in [-0.3, -0.25) is 19.7 Å². The Labute approximate surface area is 93.9 Å². The van der Waals surface area contributed by atoms with Crippen molar-refractivity contribution in [1.82, 2.24) is 5.32 Å². The Hall–Kier alpha value is -1.96. The van der Waals surface area contributed by atoms with Crippen LogP contribution < -0.4 is 5.32 Å². The summed E-state index contributed by atoms with van der Waals surface area (Å²) in [6, 6.07) is 1.45. The van der Waals surface area contributed by atoms with Crippen molar-refractivity contribution in [2.75, 3.05) is 0 Å². The number of hydrogen-bond donors (Lipinski definition) is 2. The number of nitrogens with zero attached hydrogens (tertiary/aromatic N) is 1. The first-order chi connectivity index (χ1) is 7.41. The van der Waals surface area contributed by atoms with Crippen LogP contribution in [0.2, 0.25) is 0 Å². The van der Waals surface area contributed by atoms with Gasteiger partial charge in [-0.25, -0.2) is 0 Å². The van der Waals surface area contributed by atoms with Crippen LogP contribution in [0.3, 0.4) is 0 Å². The lowest BCUT2D eigenvalue weighted by molar-refractivity contribution is -0.380. The van der Waals surface area contributed by atoms with E-state index in [9.17, 15) is 19.7 Å².